The van der Waals surface area contributed by atoms with Gasteiger partial charge in [0.2, 0.25) is 15.8 Å². The van der Waals surface area contributed by atoms with Gasteiger partial charge in [-0.05, 0) is 37.8 Å². The predicted octanol–water partition coefficient (Wildman–Crippen LogP) is 3.38. The van der Waals surface area contributed by atoms with Crippen LogP contribution in [-0.4, -0.2) is 39.8 Å². The molecule has 0 fully saturated rings. The Balaban J connectivity index is 1.80. The Morgan fingerprint density at radius 2 is 1.86 bits per heavy atom. The summed E-state index contributed by atoms with van der Waals surface area (Å²) in [5, 5.41) is 7.08. The lowest BCUT2D eigenvalue weighted by Crippen LogP contribution is -2.25. The van der Waals surface area contributed by atoms with E-state index >= 15 is 0 Å². The molecule has 0 saturated heterocycles. The molecule has 4 rings (SSSR count). The van der Waals surface area contributed by atoms with Crippen LogP contribution < -0.4 is 10.9 Å². The molecular weight excluding hydrogens is 480 g/mol. The zero-order chi connectivity index (χ0) is 25.5. The number of carbonyl (C=O) groups excluding carboxylic acids is 1. The molecule has 0 bridgehead atoms. The van der Waals surface area contributed by atoms with Crippen molar-refractivity contribution in [3.8, 4) is 5.95 Å². The third kappa shape index (κ3) is 4.75. The van der Waals surface area contributed by atoms with E-state index in [9.17, 15) is 26.8 Å². The molecule has 1 aliphatic carbocycles. The van der Waals surface area contributed by atoms with Gasteiger partial charge in [-0.3, -0.25) is 14.6 Å². The number of fused-ring (bicyclic) bond motifs is 1. The van der Waals surface area contributed by atoms with E-state index in [1.54, 1.807) is 6.07 Å². The van der Waals surface area contributed by atoms with Crippen molar-refractivity contribution >= 4 is 21.6 Å². The first kappa shape index (κ1) is 24.7. The van der Waals surface area contributed by atoms with Crippen molar-refractivity contribution in [3.05, 3.63) is 63.2 Å². The van der Waals surface area contributed by atoms with Crippen molar-refractivity contribution in [2.24, 2.45) is 0 Å². The standard InChI is InChI=1S/C23H25F2N5O4S/c1-23(2,3)17-12-18(27-20(32)14-9-5-7-11-16(14)35(33,34)21(24)25)30(29-17)22-26-15-10-6-4-8-13(15)19(31)28-22/h5,7,9,11-12,21H,4,6,8,10H2,1-3H3,(H,27,32)(H,26,28,31). The van der Waals surface area contributed by atoms with Crippen LogP contribution in [0.1, 0.15) is 60.9 Å². The van der Waals surface area contributed by atoms with Gasteiger partial charge in [-0.25, -0.2) is 13.4 Å². The van der Waals surface area contributed by atoms with Gasteiger partial charge in [0.05, 0.1) is 21.8 Å². The van der Waals surface area contributed by atoms with Crippen LogP contribution in [0.25, 0.3) is 5.95 Å². The van der Waals surface area contributed by atoms with E-state index in [1.165, 1.54) is 16.8 Å². The van der Waals surface area contributed by atoms with Gasteiger partial charge in [0.15, 0.2) is 0 Å². The van der Waals surface area contributed by atoms with Crippen molar-refractivity contribution in [3.63, 3.8) is 0 Å². The maximum Gasteiger partial charge on any atom is 0.341 e. The molecule has 2 N–H and O–H groups in total. The number of halogens is 2. The molecule has 0 aliphatic heterocycles. The van der Waals surface area contributed by atoms with Gasteiger partial charge < -0.3 is 5.32 Å². The minimum absolute atomic E-state index is 0.0925. The van der Waals surface area contributed by atoms with Crippen LogP contribution in [0.3, 0.4) is 0 Å². The molecule has 1 aliphatic rings. The van der Waals surface area contributed by atoms with E-state index in [1.807, 2.05) is 20.8 Å². The Labute approximate surface area is 200 Å². The Morgan fingerprint density at radius 1 is 1.17 bits per heavy atom. The van der Waals surface area contributed by atoms with Crippen molar-refractivity contribution < 1.29 is 22.0 Å². The third-order valence-electron chi connectivity index (χ3n) is 5.77. The molecule has 35 heavy (non-hydrogen) atoms. The summed E-state index contributed by atoms with van der Waals surface area (Å²) in [6.07, 6.45) is 3.06. The summed E-state index contributed by atoms with van der Waals surface area (Å²) >= 11 is 0. The normalized spacial score (nSPS) is 14.1. The van der Waals surface area contributed by atoms with Crippen LogP contribution in [0, 0.1) is 0 Å². The number of aromatic nitrogens is 4. The molecule has 2 aromatic heterocycles. The van der Waals surface area contributed by atoms with Crippen LogP contribution in [0.4, 0.5) is 14.6 Å². The number of aryl methyl sites for hydroxylation is 1. The summed E-state index contributed by atoms with van der Waals surface area (Å²) < 4.78 is 51.9. The first-order chi connectivity index (χ1) is 16.4. The van der Waals surface area contributed by atoms with Gasteiger partial charge in [0, 0.05) is 17.0 Å². The van der Waals surface area contributed by atoms with E-state index in [0.29, 0.717) is 29.8 Å². The lowest BCUT2D eigenvalue weighted by Gasteiger charge is -2.16. The van der Waals surface area contributed by atoms with Crippen molar-refractivity contribution in [1.29, 1.82) is 0 Å². The summed E-state index contributed by atoms with van der Waals surface area (Å²) in [5.41, 5.74) is 0.666. The summed E-state index contributed by atoms with van der Waals surface area (Å²) in [4.78, 5) is 32.3. The Bertz CT molecular complexity index is 1460. The number of hydrogen-bond donors (Lipinski definition) is 2. The first-order valence-corrected chi connectivity index (χ1v) is 12.6. The van der Waals surface area contributed by atoms with Crippen molar-refractivity contribution in [2.45, 2.75) is 62.5 Å². The average Bonchev–Trinajstić information content (AvgIpc) is 3.23. The van der Waals surface area contributed by atoms with Crippen LogP contribution >= 0.6 is 0 Å². The summed E-state index contributed by atoms with van der Waals surface area (Å²) in [5.74, 6) is -4.41. The largest absolute Gasteiger partial charge is 0.341 e. The molecule has 0 saturated carbocycles. The van der Waals surface area contributed by atoms with Crippen molar-refractivity contribution in [1.82, 2.24) is 19.7 Å². The topological polar surface area (TPSA) is 127 Å². The molecule has 12 heteroatoms. The fourth-order valence-electron chi connectivity index (χ4n) is 3.87. The number of rotatable bonds is 5. The Kier molecular flexibility index (Phi) is 6.34. The van der Waals surface area contributed by atoms with E-state index in [0.717, 1.165) is 25.0 Å². The number of nitrogens with one attached hydrogen (secondary N) is 2. The van der Waals surface area contributed by atoms with Gasteiger partial charge in [-0.15, -0.1) is 0 Å². The highest BCUT2D eigenvalue weighted by atomic mass is 32.2. The molecule has 3 aromatic rings. The molecule has 0 spiro atoms. The number of H-pyrrole nitrogens is 1. The molecule has 0 unspecified atom stereocenters. The second kappa shape index (κ2) is 8.99. The highest BCUT2D eigenvalue weighted by molar-refractivity contribution is 7.91. The fraction of sp³-hybridized carbons (Fsp3) is 0.391. The van der Waals surface area contributed by atoms with Gasteiger partial charge in [0.1, 0.15) is 5.82 Å². The SMILES string of the molecule is CC(C)(C)c1cc(NC(=O)c2ccccc2S(=O)(=O)C(F)F)n(-c2nc3c(c(=O)[nH]2)CCCC3)n1. The first-order valence-electron chi connectivity index (χ1n) is 11.0. The number of alkyl halides is 2. The summed E-state index contributed by atoms with van der Waals surface area (Å²) in [6.45, 7) is 5.70. The quantitative estimate of drug-likeness (QED) is 0.547. The maximum atomic E-state index is 13.2. The molecule has 186 valence electrons. The molecule has 1 aromatic carbocycles. The number of hydrogen-bond acceptors (Lipinski definition) is 6. The minimum Gasteiger partial charge on any atom is -0.306 e. The number of amides is 1. The maximum absolute atomic E-state index is 13.2. The second-order valence-corrected chi connectivity index (χ2v) is 11.2. The average molecular weight is 506 g/mol. The Hall–Kier alpha value is -3.41. The predicted molar refractivity (Wildman–Crippen MR) is 125 cm³/mol. The van der Waals surface area contributed by atoms with E-state index in [2.05, 4.69) is 20.4 Å². The molecule has 0 radical (unpaired) electrons. The lowest BCUT2D eigenvalue weighted by molar-refractivity contribution is 0.102. The van der Waals surface area contributed by atoms with E-state index < -0.39 is 37.4 Å². The van der Waals surface area contributed by atoms with Crippen LogP contribution in [0.5, 0.6) is 0 Å². The van der Waals surface area contributed by atoms with E-state index in [4.69, 9.17) is 0 Å². The molecule has 0 atom stereocenters. The number of sulfone groups is 1. The molecule has 1 amide bonds. The summed E-state index contributed by atoms with van der Waals surface area (Å²) in [7, 11) is -5.02. The second-order valence-electron chi connectivity index (χ2n) is 9.35. The Morgan fingerprint density at radius 3 is 2.54 bits per heavy atom. The lowest BCUT2D eigenvalue weighted by atomic mass is 9.92. The number of nitrogens with zero attached hydrogens (tertiary/aromatic N) is 3. The third-order valence-corrected chi connectivity index (χ3v) is 7.21. The van der Waals surface area contributed by atoms with Crippen LogP contribution in [0.15, 0.2) is 40.0 Å². The van der Waals surface area contributed by atoms with Gasteiger partial charge in [-0.1, -0.05) is 32.9 Å². The molecular formula is C23H25F2N5O4S. The number of carbonyl (C=O) groups is 1. The van der Waals surface area contributed by atoms with Gasteiger partial charge in [0.25, 0.3) is 11.5 Å². The van der Waals surface area contributed by atoms with Crippen molar-refractivity contribution in [2.75, 3.05) is 5.32 Å². The van der Waals surface area contributed by atoms with Crippen LogP contribution in [-0.2, 0) is 28.1 Å². The zero-order valence-corrected chi connectivity index (χ0v) is 20.2. The summed E-state index contributed by atoms with van der Waals surface area (Å²) in [6, 6.07) is 6.31. The zero-order valence-electron chi connectivity index (χ0n) is 19.4. The number of anilines is 1. The van der Waals surface area contributed by atoms with Gasteiger partial charge in [-0.2, -0.15) is 18.6 Å². The molecule has 9 nitrogen and oxygen atoms in total. The smallest absolute Gasteiger partial charge is 0.306 e. The van der Waals surface area contributed by atoms with Gasteiger partial charge >= 0.3 is 5.76 Å². The monoisotopic (exact) mass is 505 g/mol. The fourth-order valence-corrected chi connectivity index (χ4v) is 4.80. The highest BCUT2D eigenvalue weighted by Gasteiger charge is 2.31. The highest BCUT2D eigenvalue weighted by Crippen LogP contribution is 2.28. The number of benzene rings is 1. The van der Waals surface area contributed by atoms with Crippen LogP contribution in [0.2, 0.25) is 0 Å². The minimum atomic E-state index is -5.02. The van der Waals surface area contributed by atoms with E-state index in [-0.39, 0.29) is 17.3 Å². The molecule has 2 heterocycles. The number of aromatic amines is 1.